The fraction of sp³-hybridized carbons (Fsp3) is 1.00. The molecular weight excluding hydrogens is 188 g/mol. The van der Waals surface area contributed by atoms with Gasteiger partial charge in [0.25, 0.3) is 0 Å². The van der Waals surface area contributed by atoms with Crippen molar-refractivity contribution in [3.8, 4) is 0 Å². The van der Waals surface area contributed by atoms with E-state index in [-0.39, 0.29) is 0 Å². The topological polar surface area (TPSA) is 24.5 Å². The molecule has 0 amide bonds. The molecule has 0 aliphatic heterocycles. The van der Waals surface area contributed by atoms with Crippen molar-refractivity contribution in [1.29, 1.82) is 0 Å². The Bertz CT molecular complexity index is 154. The van der Waals surface area contributed by atoms with Crippen molar-refractivity contribution in [1.82, 2.24) is 10.2 Å². The summed E-state index contributed by atoms with van der Waals surface area (Å²) in [6, 6.07) is 0.518. The first-order valence-corrected chi connectivity index (χ1v) is 5.85. The molecule has 0 bridgehead atoms. The van der Waals surface area contributed by atoms with Crippen LogP contribution in [0.5, 0.6) is 0 Å². The van der Waals surface area contributed by atoms with Crippen molar-refractivity contribution in [2.24, 2.45) is 5.41 Å². The molecule has 0 heterocycles. The van der Waals surface area contributed by atoms with Crippen molar-refractivity contribution in [2.75, 3.05) is 40.4 Å². The summed E-state index contributed by atoms with van der Waals surface area (Å²) in [6.45, 7) is 12.5. The highest BCUT2D eigenvalue weighted by molar-refractivity contribution is 4.81. The number of rotatable bonds is 7. The number of nitrogens with zero attached hydrogens (tertiary/aromatic N) is 1. The van der Waals surface area contributed by atoms with E-state index in [2.05, 4.69) is 38.0 Å². The van der Waals surface area contributed by atoms with Crippen molar-refractivity contribution in [2.45, 2.75) is 33.7 Å². The van der Waals surface area contributed by atoms with Gasteiger partial charge in [-0.2, -0.15) is 0 Å². The van der Waals surface area contributed by atoms with Gasteiger partial charge in [0, 0.05) is 25.7 Å². The Labute approximate surface area is 95.2 Å². The van der Waals surface area contributed by atoms with Gasteiger partial charge >= 0.3 is 0 Å². The number of nitrogens with one attached hydrogen (secondary N) is 1. The van der Waals surface area contributed by atoms with Crippen LogP contribution in [-0.2, 0) is 4.74 Å². The molecule has 0 aromatic rings. The largest absolute Gasteiger partial charge is 0.380 e. The second-order valence-corrected chi connectivity index (χ2v) is 5.17. The van der Waals surface area contributed by atoms with Crippen molar-refractivity contribution in [3.05, 3.63) is 0 Å². The summed E-state index contributed by atoms with van der Waals surface area (Å²) >= 11 is 0. The van der Waals surface area contributed by atoms with Gasteiger partial charge in [-0.15, -0.1) is 0 Å². The maximum atomic E-state index is 5.34. The molecule has 1 N–H and O–H groups in total. The highest BCUT2D eigenvalue weighted by atomic mass is 16.5. The van der Waals surface area contributed by atoms with Gasteiger partial charge in [-0.3, -0.25) is 0 Å². The molecule has 0 fully saturated rings. The summed E-state index contributed by atoms with van der Waals surface area (Å²) in [5.74, 6) is 0. The molecule has 0 aliphatic carbocycles. The van der Waals surface area contributed by atoms with Crippen LogP contribution >= 0.6 is 0 Å². The van der Waals surface area contributed by atoms with E-state index < -0.39 is 0 Å². The second-order valence-electron chi connectivity index (χ2n) is 5.17. The normalized spacial score (nSPS) is 14.6. The van der Waals surface area contributed by atoms with Gasteiger partial charge in [0.05, 0.1) is 6.61 Å². The summed E-state index contributed by atoms with van der Waals surface area (Å²) in [5, 5.41) is 3.38. The lowest BCUT2D eigenvalue weighted by Crippen LogP contribution is -2.46. The van der Waals surface area contributed by atoms with Gasteiger partial charge < -0.3 is 15.0 Å². The van der Waals surface area contributed by atoms with Crippen LogP contribution in [0.1, 0.15) is 27.7 Å². The van der Waals surface area contributed by atoms with Crippen molar-refractivity contribution < 1.29 is 4.74 Å². The van der Waals surface area contributed by atoms with Gasteiger partial charge in [-0.05, 0) is 26.4 Å². The van der Waals surface area contributed by atoms with Crippen LogP contribution in [0.2, 0.25) is 0 Å². The molecule has 1 atom stereocenters. The molecule has 3 nitrogen and oxygen atoms in total. The van der Waals surface area contributed by atoms with Gasteiger partial charge in [-0.1, -0.05) is 20.8 Å². The molecule has 0 spiro atoms. The highest BCUT2D eigenvalue weighted by Crippen LogP contribution is 2.19. The maximum Gasteiger partial charge on any atom is 0.0593 e. The fourth-order valence-corrected chi connectivity index (χ4v) is 1.57. The van der Waals surface area contributed by atoms with Crippen LogP contribution in [0.3, 0.4) is 0 Å². The first-order valence-electron chi connectivity index (χ1n) is 5.85. The zero-order chi connectivity index (χ0) is 11.9. The maximum absolute atomic E-state index is 5.34. The van der Waals surface area contributed by atoms with E-state index in [1.54, 1.807) is 0 Å². The number of hydrogen-bond acceptors (Lipinski definition) is 3. The average molecular weight is 216 g/mol. The minimum atomic E-state index is 0.300. The second kappa shape index (κ2) is 7.20. The van der Waals surface area contributed by atoms with Crippen molar-refractivity contribution >= 4 is 0 Å². The molecule has 3 heteroatoms. The fourth-order valence-electron chi connectivity index (χ4n) is 1.57. The third-order valence-electron chi connectivity index (χ3n) is 2.71. The van der Waals surface area contributed by atoms with E-state index in [0.29, 0.717) is 11.5 Å². The van der Waals surface area contributed by atoms with Crippen LogP contribution < -0.4 is 5.32 Å². The summed E-state index contributed by atoms with van der Waals surface area (Å²) in [6.07, 6.45) is 0. The number of hydrogen-bond donors (Lipinski definition) is 1. The molecule has 0 aromatic heterocycles. The first-order chi connectivity index (χ1) is 6.91. The number of likely N-dealkylation sites (N-methyl/N-ethyl adjacent to an activating group) is 2. The molecule has 0 radical (unpaired) electrons. The predicted molar refractivity (Wildman–Crippen MR) is 66.3 cm³/mol. The molecule has 0 saturated heterocycles. The third kappa shape index (κ3) is 6.88. The standard InChI is InChI=1S/C12H28N2O/c1-7-15-9-8-14(6)10-11(13-5)12(2,3)4/h11,13H,7-10H2,1-6H3. The van der Waals surface area contributed by atoms with Gasteiger partial charge in [0.15, 0.2) is 0 Å². The quantitative estimate of drug-likeness (QED) is 0.654. The third-order valence-corrected chi connectivity index (χ3v) is 2.71. The molecule has 0 aliphatic rings. The lowest BCUT2D eigenvalue weighted by molar-refractivity contribution is 0.111. The highest BCUT2D eigenvalue weighted by Gasteiger charge is 2.23. The lowest BCUT2D eigenvalue weighted by atomic mass is 9.86. The van der Waals surface area contributed by atoms with Crippen LogP contribution in [0, 0.1) is 5.41 Å². The summed E-state index contributed by atoms with van der Waals surface area (Å²) < 4.78 is 5.34. The van der Waals surface area contributed by atoms with Crippen molar-refractivity contribution in [3.63, 3.8) is 0 Å². The molecule has 1 unspecified atom stereocenters. The Morgan fingerprint density at radius 1 is 1.33 bits per heavy atom. The summed E-state index contributed by atoms with van der Waals surface area (Å²) in [5.41, 5.74) is 0.300. The smallest absolute Gasteiger partial charge is 0.0593 e. The molecule has 0 aromatic carbocycles. The van der Waals surface area contributed by atoms with E-state index in [9.17, 15) is 0 Å². The van der Waals surface area contributed by atoms with E-state index >= 15 is 0 Å². The molecule has 15 heavy (non-hydrogen) atoms. The monoisotopic (exact) mass is 216 g/mol. The number of ether oxygens (including phenoxy) is 1. The Hall–Kier alpha value is -0.120. The predicted octanol–water partition coefficient (Wildman–Crippen LogP) is 1.59. The molecule has 0 saturated carbocycles. The summed E-state index contributed by atoms with van der Waals surface area (Å²) in [7, 11) is 4.18. The Morgan fingerprint density at radius 2 is 1.93 bits per heavy atom. The zero-order valence-electron chi connectivity index (χ0n) is 11.3. The van der Waals surface area contributed by atoms with E-state index in [1.807, 2.05) is 14.0 Å². The Balaban J connectivity index is 3.86. The van der Waals surface area contributed by atoms with Gasteiger partial charge in [0.1, 0.15) is 0 Å². The first kappa shape index (κ1) is 14.9. The molecule has 92 valence electrons. The van der Waals surface area contributed by atoms with Crippen LogP contribution in [0.15, 0.2) is 0 Å². The lowest BCUT2D eigenvalue weighted by Gasteiger charge is -2.33. The van der Waals surface area contributed by atoms with Crippen LogP contribution in [-0.4, -0.2) is 51.3 Å². The minimum absolute atomic E-state index is 0.300. The minimum Gasteiger partial charge on any atom is -0.380 e. The molecule has 0 rings (SSSR count). The van der Waals surface area contributed by atoms with Crippen LogP contribution in [0.25, 0.3) is 0 Å². The SMILES string of the molecule is CCOCCN(C)CC(NC)C(C)(C)C. The van der Waals surface area contributed by atoms with Crippen LogP contribution in [0.4, 0.5) is 0 Å². The molecular formula is C12H28N2O. The zero-order valence-corrected chi connectivity index (χ0v) is 11.3. The van der Waals surface area contributed by atoms with Gasteiger partial charge in [0.2, 0.25) is 0 Å². The van der Waals surface area contributed by atoms with Gasteiger partial charge in [-0.25, -0.2) is 0 Å². The summed E-state index contributed by atoms with van der Waals surface area (Å²) in [4.78, 5) is 2.32. The Morgan fingerprint density at radius 3 is 2.33 bits per heavy atom. The van der Waals surface area contributed by atoms with E-state index in [0.717, 1.165) is 26.3 Å². The average Bonchev–Trinajstić information content (AvgIpc) is 2.12. The van der Waals surface area contributed by atoms with E-state index in [4.69, 9.17) is 4.74 Å². The van der Waals surface area contributed by atoms with E-state index in [1.165, 1.54) is 0 Å². The Kier molecular flexibility index (Phi) is 7.14.